The first-order valence-corrected chi connectivity index (χ1v) is 7.39. The van der Waals surface area contributed by atoms with Crippen molar-refractivity contribution in [2.45, 2.75) is 71.1 Å². The van der Waals surface area contributed by atoms with Gasteiger partial charge in [-0.1, -0.05) is 0 Å². The Kier molecular flexibility index (Phi) is 5.18. The predicted octanol–water partition coefficient (Wildman–Crippen LogP) is 3.27. The third-order valence-corrected chi connectivity index (χ3v) is 3.21. The summed E-state index contributed by atoms with van der Waals surface area (Å²) in [6, 6.07) is 0. The van der Waals surface area contributed by atoms with E-state index < -0.39 is 53.7 Å². The van der Waals surface area contributed by atoms with E-state index in [9.17, 15) is 28.3 Å². The molecule has 9 heteroatoms. The molecule has 1 fully saturated rings. The highest BCUT2D eigenvalue weighted by Gasteiger charge is 2.72. The summed E-state index contributed by atoms with van der Waals surface area (Å²) in [4.78, 5) is 36.4. The summed E-state index contributed by atoms with van der Waals surface area (Å²) in [5, 5.41) is 9.40. The van der Waals surface area contributed by atoms with Crippen LogP contribution in [0.25, 0.3) is 0 Å². The van der Waals surface area contributed by atoms with Crippen LogP contribution in [0.1, 0.15) is 48.0 Å². The predicted molar refractivity (Wildman–Crippen MR) is 78.8 cm³/mol. The van der Waals surface area contributed by atoms with Crippen molar-refractivity contribution in [3.05, 3.63) is 0 Å². The number of imide groups is 1. The zero-order chi connectivity index (χ0) is 19.1. The Labute approximate surface area is 138 Å². The summed E-state index contributed by atoms with van der Waals surface area (Å²) in [7, 11) is 0. The number of amides is 2. The number of hydrogen-bond acceptors (Lipinski definition) is 5. The molecule has 0 bridgehead atoms. The maximum atomic E-state index is 13.0. The molecule has 0 heterocycles. The van der Waals surface area contributed by atoms with Crippen molar-refractivity contribution >= 4 is 18.2 Å². The molecule has 24 heavy (non-hydrogen) atoms. The summed E-state index contributed by atoms with van der Waals surface area (Å²) in [6.45, 7) is 9.02. The number of ether oxygens (including phenoxy) is 2. The van der Waals surface area contributed by atoms with E-state index in [1.54, 1.807) is 0 Å². The second-order valence-electron chi connectivity index (χ2n) is 7.67. The number of carbonyl (C=O) groups is 3. The summed E-state index contributed by atoms with van der Waals surface area (Å²) < 4.78 is 36.1. The molecule has 1 unspecified atom stereocenters. The molecule has 0 saturated heterocycles. The Bertz CT molecular complexity index is 509. The van der Waals surface area contributed by atoms with E-state index in [-0.39, 0.29) is 4.90 Å². The number of rotatable bonds is 3. The number of aliphatic carboxylic acids is 1. The average Bonchev–Trinajstić information content (AvgIpc) is 3.00. The first-order valence-electron chi connectivity index (χ1n) is 7.39. The Hall–Kier alpha value is -1.93. The zero-order valence-corrected chi connectivity index (χ0v) is 14.6. The third-order valence-electron chi connectivity index (χ3n) is 3.21. The molecule has 7 nitrogen and oxygen atoms in total. The molecule has 0 aromatic heterocycles. The van der Waals surface area contributed by atoms with Gasteiger partial charge in [0.1, 0.15) is 11.2 Å². The number of carboxylic acid groups (broad SMARTS) is 1. The quantitative estimate of drug-likeness (QED) is 0.839. The van der Waals surface area contributed by atoms with Gasteiger partial charge < -0.3 is 14.6 Å². The summed E-state index contributed by atoms with van der Waals surface area (Å²) in [5.41, 5.74) is -4.46. The lowest BCUT2D eigenvalue weighted by Crippen LogP contribution is -2.55. The fourth-order valence-corrected chi connectivity index (χ4v) is 2.19. The van der Waals surface area contributed by atoms with Crippen molar-refractivity contribution in [2.75, 3.05) is 0 Å². The smallest absolute Gasteiger partial charge is 0.420 e. The normalized spacial score (nSPS) is 23.6. The molecule has 0 aliphatic heterocycles. The molecule has 1 rings (SSSR count). The number of nitrogens with zero attached hydrogens (tertiary/aromatic N) is 1. The minimum atomic E-state index is -3.01. The largest absolute Gasteiger partial charge is 0.479 e. The molecule has 0 radical (unpaired) electrons. The Balaban J connectivity index is 3.25. The minimum Gasteiger partial charge on any atom is -0.479 e. The van der Waals surface area contributed by atoms with Crippen molar-refractivity contribution in [2.24, 2.45) is 5.92 Å². The lowest BCUT2D eigenvalue weighted by Gasteiger charge is -2.32. The van der Waals surface area contributed by atoms with Gasteiger partial charge in [-0.25, -0.2) is 23.2 Å². The van der Waals surface area contributed by atoms with Crippen LogP contribution in [0.2, 0.25) is 0 Å². The molecule has 1 saturated carbocycles. The van der Waals surface area contributed by atoms with Crippen LogP contribution in [0.4, 0.5) is 18.4 Å². The summed E-state index contributed by atoms with van der Waals surface area (Å²) >= 11 is 0. The maximum absolute atomic E-state index is 13.0. The fourth-order valence-electron chi connectivity index (χ4n) is 2.19. The maximum Gasteiger partial charge on any atom is 0.420 e. The minimum absolute atomic E-state index is 0.169. The summed E-state index contributed by atoms with van der Waals surface area (Å²) in [5.74, 6) is -3.38. The Morgan fingerprint density at radius 1 is 1.04 bits per heavy atom. The number of halogens is 2. The molecular formula is C15H23F2NO6. The van der Waals surface area contributed by atoms with Crippen LogP contribution in [-0.4, -0.2) is 51.3 Å². The molecule has 138 valence electrons. The van der Waals surface area contributed by atoms with E-state index in [4.69, 9.17) is 9.47 Å². The van der Waals surface area contributed by atoms with Crippen LogP contribution in [0.3, 0.4) is 0 Å². The van der Waals surface area contributed by atoms with Crippen LogP contribution in [-0.2, 0) is 14.3 Å². The third kappa shape index (κ3) is 4.33. The van der Waals surface area contributed by atoms with E-state index >= 15 is 0 Å². The highest BCUT2D eigenvalue weighted by molar-refractivity contribution is 5.98. The number of hydrogen-bond donors (Lipinski definition) is 1. The van der Waals surface area contributed by atoms with Gasteiger partial charge >= 0.3 is 18.2 Å². The van der Waals surface area contributed by atoms with Gasteiger partial charge in [0.05, 0.1) is 5.92 Å². The zero-order valence-electron chi connectivity index (χ0n) is 14.6. The van der Waals surface area contributed by atoms with Gasteiger partial charge in [-0.3, -0.25) is 0 Å². The monoisotopic (exact) mass is 351 g/mol. The molecule has 2 atom stereocenters. The Morgan fingerprint density at radius 3 is 1.62 bits per heavy atom. The fraction of sp³-hybridized carbons (Fsp3) is 0.800. The van der Waals surface area contributed by atoms with E-state index in [2.05, 4.69) is 0 Å². The average molecular weight is 351 g/mol. The van der Waals surface area contributed by atoms with Gasteiger partial charge in [0.25, 0.3) is 0 Å². The standard InChI is InChI=1S/C15H23F2NO6/c1-13(2,3)23-11(21)18(12(22)24-14(4,5)6)15(10(19)20)7-8(15)9(16)17/h8-9H,7H2,1-6H3,(H,19,20)/t8?,15-/m1/s1. The van der Waals surface area contributed by atoms with Gasteiger partial charge in [0, 0.05) is 0 Å². The second-order valence-corrected chi connectivity index (χ2v) is 7.67. The van der Waals surface area contributed by atoms with Crippen molar-refractivity contribution < 1.29 is 37.7 Å². The molecule has 0 spiro atoms. The van der Waals surface area contributed by atoms with Gasteiger partial charge in [-0.2, -0.15) is 4.90 Å². The van der Waals surface area contributed by atoms with Crippen LogP contribution in [0.5, 0.6) is 0 Å². The highest BCUT2D eigenvalue weighted by atomic mass is 19.3. The SMILES string of the molecule is CC(C)(C)OC(=O)N(C(=O)OC(C)(C)C)[C@]1(C(=O)O)CC1C(F)F. The van der Waals surface area contributed by atoms with Gasteiger partial charge in [-0.15, -0.1) is 0 Å². The van der Waals surface area contributed by atoms with E-state index in [0.29, 0.717) is 0 Å². The topological polar surface area (TPSA) is 93.1 Å². The Morgan fingerprint density at radius 2 is 1.42 bits per heavy atom. The molecule has 1 aliphatic rings. The van der Waals surface area contributed by atoms with Crippen LogP contribution < -0.4 is 0 Å². The van der Waals surface area contributed by atoms with E-state index in [1.807, 2.05) is 0 Å². The molecule has 0 aromatic carbocycles. The second kappa shape index (κ2) is 6.18. The molecule has 1 aliphatic carbocycles. The first kappa shape index (κ1) is 20.1. The van der Waals surface area contributed by atoms with Crippen LogP contribution in [0.15, 0.2) is 0 Å². The first-order chi connectivity index (χ1) is 10.6. The molecular weight excluding hydrogens is 328 g/mol. The van der Waals surface area contributed by atoms with E-state index in [0.717, 1.165) is 0 Å². The van der Waals surface area contributed by atoms with Crippen molar-refractivity contribution in [1.29, 1.82) is 0 Å². The van der Waals surface area contributed by atoms with Crippen molar-refractivity contribution in [1.82, 2.24) is 4.90 Å². The van der Waals surface area contributed by atoms with Crippen molar-refractivity contribution in [3.8, 4) is 0 Å². The lowest BCUT2D eigenvalue weighted by atomic mass is 10.1. The van der Waals surface area contributed by atoms with Crippen LogP contribution in [0, 0.1) is 5.92 Å². The molecule has 0 aromatic rings. The van der Waals surface area contributed by atoms with E-state index in [1.165, 1.54) is 41.5 Å². The van der Waals surface area contributed by atoms with Crippen molar-refractivity contribution in [3.63, 3.8) is 0 Å². The number of carboxylic acids is 1. The highest BCUT2D eigenvalue weighted by Crippen LogP contribution is 2.53. The van der Waals surface area contributed by atoms with Gasteiger partial charge in [0.15, 0.2) is 5.54 Å². The number of alkyl halides is 2. The molecule has 2 amide bonds. The molecule has 1 N–H and O–H groups in total. The van der Waals surface area contributed by atoms with Crippen LogP contribution >= 0.6 is 0 Å². The van der Waals surface area contributed by atoms with Gasteiger partial charge in [-0.05, 0) is 48.0 Å². The summed E-state index contributed by atoms with van der Waals surface area (Å²) in [6.07, 6.45) is -6.23. The number of carbonyl (C=O) groups excluding carboxylic acids is 2. The lowest BCUT2D eigenvalue weighted by molar-refractivity contribution is -0.146. The van der Waals surface area contributed by atoms with Gasteiger partial charge in [0.2, 0.25) is 6.43 Å².